The summed E-state index contributed by atoms with van der Waals surface area (Å²) in [7, 11) is 0. The highest BCUT2D eigenvalue weighted by Gasteiger charge is 2.34. The molecular weight excluding hydrogens is 255 g/mol. The standard InChI is InChI=1S/C13H8F3N3/c14-13(15,16)10-6-2-1-5-9(10)12-17-11-7-3-4-8-19(11)18-12/h1-8H. The van der Waals surface area contributed by atoms with E-state index in [1.165, 1.54) is 22.7 Å². The third kappa shape index (κ3) is 2.05. The average Bonchev–Trinajstić information content (AvgIpc) is 2.81. The lowest BCUT2D eigenvalue weighted by Crippen LogP contribution is -2.07. The second kappa shape index (κ2) is 4.08. The summed E-state index contributed by atoms with van der Waals surface area (Å²) in [5.41, 5.74) is -0.237. The van der Waals surface area contributed by atoms with Gasteiger partial charge in [0.05, 0.1) is 5.56 Å². The van der Waals surface area contributed by atoms with Gasteiger partial charge in [-0.05, 0) is 18.2 Å². The smallest absolute Gasteiger partial charge is 0.221 e. The Morgan fingerprint density at radius 2 is 1.68 bits per heavy atom. The molecule has 96 valence electrons. The number of rotatable bonds is 1. The summed E-state index contributed by atoms with van der Waals surface area (Å²) < 4.78 is 40.2. The Labute approximate surface area is 106 Å². The second-order valence-corrected chi connectivity index (χ2v) is 3.98. The SMILES string of the molecule is FC(F)(F)c1ccccc1-c1nc2ccccn2n1. The number of alkyl halides is 3. The van der Waals surface area contributed by atoms with Crippen LogP contribution >= 0.6 is 0 Å². The molecule has 0 atom stereocenters. The summed E-state index contributed by atoms with van der Waals surface area (Å²) in [6.07, 6.45) is -2.78. The lowest BCUT2D eigenvalue weighted by atomic mass is 10.1. The van der Waals surface area contributed by atoms with Crippen LogP contribution in [0, 0.1) is 0 Å². The molecular formula is C13H8F3N3. The van der Waals surface area contributed by atoms with Gasteiger partial charge in [-0.25, -0.2) is 9.50 Å². The van der Waals surface area contributed by atoms with Crippen molar-refractivity contribution in [1.82, 2.24) is 14.6 Å². The topological polar surface area (TPSA) is 30.2 Å². The molecule has 0 N–H and O–H groups in total. The van der Waals surface area contributed by atoms with E-state index in [2.05, 4.69) is 10.1 Å². The van der Waals surface area contributed by atoms with Crippen LogP contribution in [0.1, 0.15) is 5.56 Å². The van der Waals surface area contributed by atoms with Crippen LogP contribution in [0.3, 0.4) is 0 Å². The minimum atomic E-state index is -4.42. The first-order chi connectivity index (χ1) is 9.05. The molecule has 0 saturated heterocycles. The van der Waals surface area contributed by atoms with Crippen molar-refractivity contribution in [1.29, 1.82) is 0 Å². The van der Waals surface area contributed by atoms with Gasteiger partial charge in [0, 0.05) is 11.8 Å². The molecule has 0 amide bonds. The van der Waals surface area contributed by atoms with Crippen molar-refractivity contribution in [2.45, 2.75) is 6.18 Å². The van der Waals surface area contributed by atoms with E-state index in [9.17, 15) is 13.2 Å². The van der Waals surface area contributed by atoms with Gasteiger partial charge in [0.15, 0.2) is 11.5 Å². The molecule has 3 nitrogen and oxygen atoms in total. The summed E-state index contributed by atoms with van der Waals surface area (Å²) in [6, 6.07) is 10.5. The first-order valence-electron chi connectivity index (χ1n) is 5.54. The molecule has 0 unspecified atom stereocenters. The van der Waals surface area contributed by atoms with Crippen molar-refractivity contribution in [3.63, 3.8) is 0 Å². The Bertz CT molecular complexity index is 698. The van der Waals surface area contributed by atoms with E-state index in [0.717, 1.165) is 6.07 Å². The molecule has 0 aliphatic rings. The van der Waals surface area contributed by atoms with Crippen molar-refractivity contribution in [2.75, 3.05) is 0 Å². The molecule has 0 saturated carbocycles. The third-order valence-electron chi connectivity index (χ3n) is 2.71. The average molecular weight is 263 g/mol. The van der Waals surface area contributed by atoms with Crippen molar-refractivity contribution >= 4 is 5.65 Å². The van der Waals surface area contributed by atoms with Gasteiger partial charge in [0.25, 0.3) is 0 Å². The number of halogens is 3. The number of hydrogen-bond acceptors (Lipinski definition) is 2. The lowest BCUT2D eigenvalue weighted by Gasteiger charge is -2.09. The predicted molar refractivity (Wildman–Crippen MR) is 63.4 cm³/mol. The molecule has 0 aliphatic carbocycles. The highest BCUT2D eigenvalue weighted by Crippen LogP contribution is 2.35. The summed E-state index contributed by atoms with van der Waals surface area (Å²) in [4.78, 5) is 4.11. The van der Waals surface area contributed by atoms with Crippen molar-refractivity contribution < 1.29 is 13.2 Å². The molecule has 0 aliphatic heterocycles. The molecule has 0 spiro atoms. The number of aromatic nitrogens is 3. The maximum absolute atomic E-state index is 12.9. The van der Waals surface area contributed by atoms with Gasteiger partial charge in [-0.1, -0.05) is 24.3 Å². The number of hydrogen-bond donors (Lipinski definition) is 0. The van der Waals surface area contributed by atoms with Gasteiger partial charge in [0.2, 0.25) is 0 Å². The molecule has 2 aromatic heterocycles. The predicted octanol–water partition coefficient (Wildman–Crippen LogP) is 3.42. The van der Waals surface area contributed by atoms with Crippen LogP contribution in [0.25, 0.3) is 17.0 Å². The van der Waals surface area contributed by atoms with Gasteiger partial charge in [-0.2, -0.15) is 13.2 Å². The summed E-state index contributed by atoms with van der Waals surface area (Å²) in [5, 5.41) is 4.06. The molecule has 0 fully saturated rings. The van der Waals surface area contributed by atoms with Crippen molar-refractivity contribution in [3.05, 3.63) is 54.2 Å². The summed E-state index contributed by atoms with van der Waals surface area (Å²) in [6.45, 7) is 0. The Morgan fingerprint density at radius 3 is 2.42 bits per heavy atom. The van der Waals surface area contributed by atoms with Crippen LogP contribution in [-0.2, 0) is 6.18 Å². The Kier molecular flexibility index (Phi) is 2.51. The normalized spacial score (nSPS) is 11.9. The second-order valence-electron chi connectivity index (χ2n) is 3.98. The largest absolute Gasteiger partial charge is 0.417 e. The third-order valence-corrected chi connectivity index (χ3v) is 2.71. The molecule has 3 rings (SSSR count). The zero-order valence-electron chi connectivity index (χ0n) is 9.59. The summed E-state index contributed by atoms with van der Waals surface area (Å²) >= 11 is 0. The minimum absolute atomic E-state index is 0.0151. The van der Waals surface area contributed by atoms with E-state index < -0.39 is 11.7 Å². The van der Waals surface area contributed by atoms with Gasteiger partial charge in [0.1, 0.15) is 0 Å². The van der Waals surface area contributed by atoms with E-state index in [4.69, 9.17) is 0 Å². The molecule has 1 aromatic carbocycles. The molecule has 6 heteroatoms. The summed E-state index contributed by atoms with van der Waals surface area (Å²) in [5.74, 6) is 0.0686. The first-order valence-corrected chi connectivity index (χ1v) is 5.54. The minimum Gasteiger partial charge on any atom is -0.221 e. The van der Waals surface area contributed by atoms with E-state index >= 15 is 0 Å². The zero-order chi connectivity index (χ0) is 13.5. The van der Waals surface area contributed by atoms with Crippen LogP contribution < -0.4 is 0 Å². The van der Waals surface area contributed by atoms with Gasteiger partial charge < -0.3 is 0 Å². The fourth-order valence-corrected chi connectivity index (χ4v) is 1.87. The first kappa shape index (κ1) is 11.7. The molecule has 0 bridgehead atoms. The highest BCUT2D eigenvalue weighted by atomic mass is 19.4. The maximum atomic E-state index is 12.9. The monoisotopic (exact) mass is 263 g/mol. The number of fused-ring (bicyclic) bond motifs is 1. The quantitative estimate of drug-likeness (QED) is 0.673. The van der Waals surface area contributed by atoms with Gasteiger partial charge >= 0.3 is 6.18 Å². The molecule has 3 aromatic rings. The van der Waals surface area contributed by atoms with Gasteiger partial charge in [-0.3, -0.25) is 0 Å². The van der Waals surface area contributed by atoms with E-state index in [1.807, 2.05) is 0 Å². The van der Waals surface area contributed by atoms with Crippen molar-refractivity contribution in [3.8, 4) is 11.4 Å². The highest BCUT2D eigenvalue weighted by molar-refractivity contribution is 5.63. The zero-order valence-corrected chi connectivity index (χ0v) is 9.59. The number of pyridine rings is 1. The maximum Gasteiger partial charge on any atom is 0.417 e. The molecule has 2 heterocycles. The fraction of sp³-hybridized carbons (Fsp3) is 0.0769. The van der Waals surface area contributed by atoms with Crippen LogP contribution in [-0.4, -0.2) is 14.6 Å². The van der Waals surface area contributed by atoms with E-state index in [-0.39, 0.29) is 11.4 Å². The molecule has 0 radical (unpaired) electrons. The van der Waals surface area contributed by atoms with Gasteiger partial charge in [-0.15, -0.1) is 5.10 Å². The molecule has 19 heavy (non-hydrogen) atoms. The van der Waals surface area contributed by atoms with Crippen LogP contribution in [0.2, 0.25) is 0 Å². The van der Waals surface area contributed by atoms with Crippen LogP contribution in [0.15, 0.2) is 48.7 Å². The van der Waals surface area contributed by atoms with E-state index in [0.29, 0.717) is 5.65 Å². The number of nitrogens with zero attached hydrogens (tertiary/aromatic N) is 3. The van der Waals surface area contributed by atoms with Crippen LogP contribution in [0.5, 0.6) is 0 Å². The fourth-order valence-electron chi connectivity index (χ4n) is 1.87. The Morgan fingerprint density at radius 1 is 0.947 bits per heavy atom. The van der Waals surface area contributed by atoms with E-state index in [1.54, 1.807) is 24.4 Å². The van der Waals surface area contributed by atoms with Crippen LogP contribution in [0.4, 0.5) is 13.2 Å². The lowest BCUT2D eigenvalue weighted by molar-refractivity contribution is -0.137. The number of benzene rings is 1. The Hall–Kier alpha value is -2.37. The van der Waals surface area contributed by atoms with Crippen molar-refractivity contribution in [2.24, 2.45) is 0 Å². The Balaban J connectivity index is 2.22.